The van der Waals surface area contributed by atoms with Gasteiger partial charge in [0.15, 0.2) is 0 Å². The van der Waals surface area contributed by atoms with Crippen LogP contribution in [0.2, 0.25) is 0 Å². The summed E-state index contributed by atoms with van der Waals surface area (Å²) in [6.07, 6.45) is 2.00. The lowest BCUT2D eigenvalue weighted by molar-refractivity contribution is 0.263. The van der Waals surface area contributed by atoms with Crippen molar-refractivity contribution in [3.63, 3.8) is 0 Å². The summed E-state index contributed by atoms with van der Waals surface area (Å²) >= 11 is 0. The number of piperidine rings is 1. The topological polar surface area (TPSA) is 67.2 Å². The summed E-state index contributed by atoms with van der Waals surface area (Å²) in [6, 6.07) is 0. The summed E-state index contributed by atoms with van der Waals surface area (Å²) in [4.78, 5) is 0.380. The average molecular weight is 337 g/mol. The van der Waals surface area contributed by atoms with E-state index in [1.54, 1.807) is 23.0 Å². The molecule has 1 aromatic heterocycles. The number of hydrogen-bond acceptors (Lipinski definition) is 4. The van der Waals surface area contributed by atoms with Gasteiger partial charge in [-0.15, -0.1) is 12.4 Å². The predicted octanol–water partition coefficient (Wildman–Crippen LogP) is 1.08. The van der Waals surface area contributed by atoms with Gasteiger partial charge in [0.1, 0.15) is 4.90 Å². The number of halogens is 1. The molecule has 1 aromatic rings. The molecular weight excluding hydrogens is 312 g/mol. The van der Waals surface area contributed by atoms with Crippen LogP contribution in [0.3, 0.4) is 0 Å². The molecule has 8 heteroatoms. The highest BCUT2D eigenvalue weighted by Crippen LogP contribution is 2.27. The Kier molecular flexibility index (Phi) is 6.22. The SMILES string of the molecule is CNCC1CCCN(S(=O)(=O)c2c(C)nn(C)c2C)C1.Cl. The van der Waals surface area contributed by atoms with Gasteiger partial charge in [0.25, 0.3) is 0 Å². The molecule has 1 atom stereocenters. The van der Waals surface area contributed by atoms with Gasteiger partial charge in [-0.25, -0.2) is 8.42 Å². The van der Waals surface area contributed by atoms with Gasteiger partial charge in [-0.2, -0.15) is 9.40 Å². The first-order valence-corrected chi connectivity index (χ1v) is 8.47. The van der Waals surface area contributed by atoms with Gasteiger partial charge in [0.2, 0.25) is 10.0 Å². The molecule has 2 rings (SSSR count). The summed E-state index contributed by atoms with van der Waals surface area (Å²) in [5.41, 5.74) is 1.29. The van der Waals surface area contributed by atoms with Gasteiger partial charge >= 0.3 is 0 Å². The molecule has 0 radical (unpaired) electrons. The van der Waals surface area contributed by atoms with Gasteiger partial charge in [-0.05, 0) is 46.2 Å². The summed E-state index contributed by atoms with van der Waals surface area (Å²) < 4.78 is 28.9. The van der Waals surface area contributed by atoms with Gasteiger partial charge in [-0.1, -0.05) is 0 Å². The minimum absolute atomic E-state index is 0. The molecule has 0 aromatic carbocycles. The maximum atomic E-state index is 12.8. The third kappa shape index (κ3) is 3.59. The number of hydrogen-bond donors (Lipinski definition) is 1. The highest BCUT2D eigenvalue weighted by Gasteiger charge is 2.33. The van der Waals surface area contributed by atoms with Crippen molar-refractivity contribution in [2.75, 3.05) is 26.7 Å². The fourth-order valence-corrected chi connectivity index (χ4v) is 4.91. The zero-order chi connectivity index (χ0) is 14.9. The van der Waals surface area contributed by atoms with Crippen LogP contribution in [0.25, 0.3) is 0 Å². The molecule has 1 aliphatic heterocycles. The number of aromatic nitrogens is 2. The summed E-state index contributed by atoms with van der Waals surface area (Å²) in [6.45, 7) is 5.63. The number of nitrogens with zero attached hydrogens (tertiary/aromatic N) is 3. The maximum Gasteiger partial charge on any atom is 0.246 e. The van der Waals surface area contributed by atoms with E-state index in [9.17, 15) is 8.42 Å². The largest absolute Gasteiger partial charge is 0.319 e. The molecule has 1 saturated heterocycles. The molecule has 1 fully saturated rings. The van der Waals surface area contributed by atoms with Crippen molar-refractivity contribution in [3.05, 3.63) is 11.4 Å². The molecule has 1 unspecified atom stereocenters. The Hall–Kier alpha value is -0.630. The molecule has 0 saturated carbocycles. The van der Waals surface area contributed by atoms with Crippen molar-refractivity contribution < 1.29 is 8.42 Å². The second-order valence-electron chi connectivity index (χ2n) is 5.55. The first-order valence-electron chi connectivity index (χ1n) is 7.03. The van der Waals surface area contributed by atoms with E-state index in [2.05, 4.69) is 10.4 Å². The predicted molar refractivity (Wildman–Crippen MR) is 85.3 cm³/mol. The quantitative estimate of drug-likeness (QED) is 0.893. The van der Waals surface area contributed by atoms with Crippen LogP contribution in [-0.4, -0.2) is 49.2 Å². The Labute approximate surface area is 133 Å². The van der Waals surface area contributed by atoms with Gasteiger partial charge in [0, 0.05) is 20.1 Å². The smallest absolute Gasteiger partial charge is 0.246 e. The molecule has 0 bridgehead atoms. The van der Waals surface area contributed by atoms with E-state index in [-0.39, 0.29) is 12.4 Å². The second kappa shape index (κ2) is 7.09. The van der Waals surface area contributed by atoms with E-state index in [0.717, 1.165) is 19.4 Å². The van der Waals surface area contributed by atoms with Crippen LogP contribution in [0, 0.1) is 19.8 Å². The third-order valence-corrected chi connectivity index (χ3v) is 6.13. The van der Waals surface area contributed by atoms with Crippen molar-refractivity contribution >= 4 is 22.4 Å². The molecule has 122 valence electrons. The standard InChI is InChI=1S/C13H24N4O2S.ClH/c1-10-13(11(2)16(4)15-10)20(18,19)17-7-5-6-12(9-17)8-14-3;/h12,14H,5-9H2,1-4H3;1H. The lowest BCUT2D eigenvalue weighted by Gasteiger charge is -2.31. The zero-order valence-electron chi connectivity index (χ0n) is 13.1. The fraction of sp³-hybridized carbons (Fsp3) is 0.769. The normalized spacial score (nSPS) is 20.3. The van der Waals surface area contributed by atoms with Crippen LogP contribution in [0.4, 0.5) is 0 Å². The van der Waals surface area contributed by atoms with Crippen LogP contribution in [0.1, 0.15) is 24.2 Å². The molecule has 21 heavy (non-hydrogen) atoms. The minimum atomic E-state index is -3.43. The Morgan fingerprint density at radius 2 is 2.05 bits per heavy atom. The average Bonchev–Trinajstić information content (AvgIpc) is 2.64. The van der Waals surface area contributed by atoms with E-state index in [4.69, 9.17) is 0 Å². The molecule has 6 nitrogen and oxygen atoms in total. The first kappa shape index (κ1) is 18.4. The van der Waals surface area contributed by atoms with Crippen molar-refractivity contribution in [1.29, 1.82) is 0 Å². The lowest BCUT2D eigenvalue weighted by Crippen LogP contribution is -2.42. The van der Waals surface area contributed by atoms with Gasteiger partial charge in [0.05, 0.1) is 11.4 Å². The Balaban J connectivity index is 0.00000220. The first-order chi connectivity index (χ1) is 9.37. The van der Waals surface area contributed by atoms with E-state index >= 15 is 0 Å². The second-order valence-corrected chi connectivity index (χ2v) is 7.43. The highest BCUT2D eigenvalue weighted by molar-refractivity contribution is 7.89. The van der Waals surface area contributed by atoms with Crippen molar-refractivity contribution in [2.24, 2.45) is 13.0 Å². The summed E-state index contributed by atoms with van der Waals surface area (Å²) in [5.74, 6) is 0.390. The van der Waals surface area contributed by atoms with E-state index in [0.29, 0.717) is 35.3 Å². The number of rotatable bonds is 4. The Bertz CT molecular complexity index is 583. The van der Waals surface area contributed by atoms with Crippen LogP contribution >= 0.6 is 12.4 Å². The highest BCUT2D eigenvalue weighted by atomic mass is 35.5. The third-order valence-electron chi connectivity index (χ3n) is 4.02. The Morgan fingerprint density at radius 1 is 1.38 bits per heavy atom. The van der Waals surface area contributed by atoms with E-state index in [1.807, 2.05) is 14.0 Å². The summed E-state index contributed by atoms with van der Waals surface area (Å²) in [5, 5.41) is 7.36. The molecule has 0 spiro atoms. The maximum absolute atomic E-state index is 12.8. The molecule has 1 N–H and O–H groups in total. The number of aryl methyl sites for hydroxylation is 2. The fourth-order valence-electron chi connectivity index (χ4n) is 2.96. The van der Waals surface area contributed by atoms with Crippen LogP contribution < -0.4 is 5.32 Å². The van der Waals surface area contributed by atoms with Crippen molar-refractivity contribution in [3.8, 4) is 0 Å². The van der Waals surface area contributed by atoms with Crippen LogP contribution in [-0.2, 0) is 17.1 Å². The van der Waals surface area contributed by atoms with Crippen LogP contribution in [0.5, 0.6) is 0 Å². The van der Waals surface area contributed by atoms with Gasteiger partial charge < -0.3 is 5.32 Å². The number of sulfonamides is 1. The van der Waals surface area contributed by atoms with Gasteiger partial charge in [-0.3, -0.25) is 4.68 Å². The summed E-state index contributed by atoms with van der Waals surface area (Å²) in [7, 11) is 0.253. The monoisotopic (exact) mass is 336 g/mol. The minimum Gasteiger partial charge on any atom is -0.319 e. The Morgan fingerprint density at radius 3 is 2.57 bits per heavy atom. The van der Waals surface area contributed by atoms with Crippen LogP contribution in [0.15, 0.2) is 4.90 Å². The molecule has 0 aliphatic carbocycles. The van der Waals surface area contributed by atoms with Crippen molar-refractivity contribution in [2.45, 2.75) is 31.6 Å². The van der Waals surface area contributed by atoms with E-state index < -0.39 is 10.0 Å². The molecular formula is C13H25ClN4O2S. The van der Waals surface area contributed by atoms with E-state index in [1.165, 1.54) is 0 Å². The molecule has 1 aliphatic rings. The lowest BCUT2D eigenvalue weighted by atomic mass is 10.00. The zero-order valence-corrected chi connectivity index (χ0v) is 14.7. The molecule has 0 amide bonds. The van der Waals surface area contributed by atoms with Crippen molar-refractivity contribution in [1.82, 2.24) is 19.4 Å². The molecule has 2 heterocycles. The number of nitrogens with one attached hydrogen (secondary N) is 1.